The molecular formula is C13H5F5N2. The summed E-state index contributed by atoms with van der Waals surface area (Å²) in [6.45, 7) is 0. The highest BCUT2D eigenvalue weighted by Gasteiger charge is 2.17. The fourth-order valence-electron chi connectivity index (χ4n) is 1.53. The molecule has 0 fully saturated rings. The number of benzene rings is 2. The molecule has 1 N–H and O–H groups in total. The van der Waals surface area contributed by atoms with Gasteiger partial charge in [0, 0.05) is 12.1 Å². The van der Waals surface area contributed by atoms with Crippen LogP contribution in [0.25, 0.3) is 0 Å². The Kier molecular flexibility index (Phi) is 3.57. The van der Waals surface area contributed by atoms with E-state index >= 15 is 0 Å². The highest BCUT2D eigenvalue weighted by molar-refractivity contribution is 5.62. The van der Waals surface area contributed by atoms with Crippen molar-refractivity contribution >= 4 is 11.4 Å². The number of nitriles is 1. The molecule has 0 amide bonds. The first-order valence-electron chi connectivity index (χ1n) is 5.23. The van der Waals surface area contributed by atoms with Crippen LogP contribution in [0.15, 0.2) is 24.3 Å². The molecule has 2 aromatic rings. The van der Waals surface area contributed by atoms with Crippen LogP contribution in [0.2, 0.25) is 0 Å². The third-order valence-electron chi connectivity index (χ3n) is 2.47. The molecular weight excluding hydrogens is 279 g/mol. The summed E-state index contributed by atoms with van der Waals surface area (Å²) < 4.78 is 66.4. The van der Waals surface area contributed by atoms with Crippen molar-refractivity contribution in [3.63, 3.8) is 0 Å². The minimum absolute atomic E-state index is 0.392. The quantitative estimate of drug-likeness (QED) is 0.846. The molecule has 0 heterocycles. The first-order chi connectivity index (χ1) is 9.43. The molecule has 0 aliphatic rings. The molecule has 0 bridgehead atoms. The predicted molar refractivity (Wildman–Crippen MR) is 60.7 cm³/mol. The molecule has 102 valence electrons. The second-order valence-electron chi connectivity index (χ2n) is 3.77. The van der Waals surface area contributed by atoms with Crippen LogP contribution >= 0.6 is 0 Å². The average molecular weight is 284 g/mol. The standard InChI is InChI=1S/C13H5F5N2/c14-7-3-8(15)13(9(16)4-7)20-10-2-1-6(5-19)11(17)12(10)18/h1-4,20H. The van der Waals surface area contributed by atoms with Gasteiger partial charge in [-0.1, -0.05) is 0 Å². The Morgan fingerprint density at radius 1 is 0.900 bits per heavy atom. The summed E-state index contributed by atoms with van der Waals surface area (Å²) in [4.78, 5) is 0. The Labute approximate surface area is 110 Å². The molecule has 0 unspecified atom stereocenters. The van der Waals surface area contributed by atoms with Crippen molar-refractivity contribution < 1.29 is 22.0 Å². The van der Waals surface area contributed by atoms with Crippen molar-refractivity contribution in [2.75, 3.05) is 5.32 Å². The molecule has 2 aromatic carbocycles. The normalized spacial score (nSPS) is 10.2. The van der Waals surface area contributed by atoms with E-state index in [9.17, 15) is 22.0 Å². The lowest BCUT2D eigenvalue weighted by Gasteiger charge is -2.10. The Morgan fingerprint density at radius 2 is 1.50 bits per heavy atom. The van der Waals surface area contributed by atoms with Crippen LogP contribution in [0.4, 0.5) is 33.3 Å². The number of anilines is 2. The molecule has 0 saturated heterocycles. The maximum absolute atomic E-state index is 13.6. The number of hydrogen-bond donors (Lipinski definition) is 1. The van der Waals surface area contributed by atoms with Gasteiger partial charge in [0.25, 0.3) is 0 Å². The van der Waals surface area contributed by atoms with Crippen molar-refractivity contribution in [1.29, 1.82) is 5.26 Å². The summed E-state index contributed by atoms with van der Waals surface area (Å²) in [5, 5.41) is 10.5. The first kappa shape index (κ1) is 13.8. The summed E-state index contributed by atoms with van der Waals surface area (Å²) in [6.07, 6.45) is 0. The minimum atomic E-state index is -1.47. The highest BCUT2D eigenvalue weighted by Crippen LogP contribution is 2.27. The Hall–Kier alpha value is -2.62. The van der Waals surface area contributed by atoms with Crippen LogP contribution in [-0.4, -0.2) is 0 Å². The highest BCUT2D eigenvalue weighted by atomic mass is 19.2. The first-order valence-corrected chi connectivity index (χ1v) is 5.23. The maximum Gasteiger partial charge on any atom is 0.183 e. The van der Waals surface area contributed by atoms with Crippen molar-refractivity contribution in [1.82, 2.24) is 0 Å². The summed E-state index contributed by atoms with van der Waals surface area (Å²) in [5.74, 6) is -6.65. The van der Waals surface area contributed by atoms with Gasteiger partial charge in [-0.3, -0.25) is 0 Å². The monoisotopic (exact) mass is 284 g/mol. The van der Waals surface area contributed by atoms with Crippen LogP contribution in [0, 0.1) is 40.4 Å². The lowest BCUT2D eigenvalue weighted by atomic mass is 10.2. The predicted octanol–water partition coefficient (Wildman–Crippen LogP) is 4.00. The fraction of sp³-hybridized carbons (Fsp3) is 0. The molecule has 0 atom stereocenters. The van der Waals surface area contributed by atoms with Gasteiger partial charge in [-0.05, 0) is 12.1 Å². The van der Waals surface area contributed by atoms with E-state index in [4.69, 9.17) is 5.26 Å². The van der Waals surface area contributed by atoms with Crippen LogP contribution in [0.5, 0.6) is 0 Å². The third kappa shape index (κ3) is 2.40. The largest absolute Gasteiger partial charge is 0.348 e. The smallest absolute Gasteiger partial charge is 0.183 e. The van der Waals surface area contributed by atoms with Crippen molar-refractivity contribution in [2.24, 2.45) is 0 Å². The van der Waals surface area contributed by atoms with E-state index in [0.717, 1.165) is 12.1 Å². The SMILES string of the molecule is N#Cc1ccc(Nc2c(F)cc(F)cc2F)c(F)c1F. The van der Waals surface area contributed by atoms with Gasteiger partial charge in [0.2, 0.25) is 0 Å². The molecule has 2 nitrogen and oxygen atoms in total. The molecule has 0 aliphatic heterocycles. The van der Waals surface area contributed by atoms with E-state index in [0.29, 0.717) is 12.1 Å². The van der Waals surface area contributed by atoms with Gasteiger partial charge in [-0.25, -0.2) is 22.0 Å². The van der Waals surface area contributed by atoms with Crippen LogP contribution < -0.4 is 5.32 Å². The second-order valence-corrected chi connectivity index (χ2v) is 3.77. The average Bonchev–Trinajstić information content (AvgIpc) is 2.38. The summed E-state index contributed by atoms with van der Waals surface area (Å²) in [5.41, 5.74) is -1.95. The van der Waals surface area contributed by atoms with Gasteiger partial charge in [-0.2, -0.15) is 5.26 Å². The van der Waals surface area contributed by atoms with E-state index in [1.165, 1.54) is 6.07 Å². The molecule has 0 radical (unpaired) electrons. The number of hydrogen-bond acceptors (Lipinski definition) is 2. The van der Waals surface area contributed by atoms with E-state index < -0.39 is 46.0 Å². The molecule has 0 aliphatic carbocycles. The van der Waals surface area contributed by atoms with E-state index in [-0.39, 0.29) is 0 Å². The Balaban J connectivity index is 2.47. The summed E-state index contributed by atoms with van der Waals surface area (Å²) in [7, 11) is 0. The number of halogens is 5. The van der Waals surface area contributed by atoms with Crippen molar-refractivity contribution in [3.8, 4) is 6.07 Å². The van der Waals surface area contributed by atoms with Gasteiger partial charge < -0.3 is 5.32 Å². The zero-order valence-electron chi connectivity index (χ0n) is 9.65. The van der Waals surface area contributed by atoms with Gasteiger partial charge in [0.05, 0.1) is 11.3 Å². The van der Waals surface area contributed by atoms with Gasteiger partial charge in [0.1, 0.15) is 17.6 Å². The molecule has 0 saturated carbocycles. The van der Waals surface area contributed by atoms with Crippen molar-refractivity contribution in [2.45, 2.75) is 0 Å². The van der Waals surface area contributed by atoms with E-state index in [2.05, 4.69) is 0 Å². The fourth-order valence-corrected chi connectivity index (χ4v) is 1.53. The van der Waals surface area contributed by atoms with Crippen LogP contribution in [0.3, 0.4) is 0 Å². The van der Waals surface area contributed by atoms with Gasteiger partial charge >= 0.3 is 0 Å². The van der Waals surface area contributed by atoms with Crippen LogP contribution in [-0.2, 0) is 0 Å². The molecule has 2 rings (SSSR count). The molecule has 0 spiro atoms. The summed E-state index contributed by atoms with van der Waals surface area (Å²) >= 11 is 0. The number of nitrogens with one attached hydrogen (secondary N) is 1. The topological polar surface area (TPSA) is 35.8 Å². The van der Waals surface area contributed by atoms with Crippen LogP contribution in [0.1, 0.15) is 5.56 Å². The van der Waals surface area contributed by atoms with E-state index in [1.807, 2.05) is 5.32 Å². The lowest BCUT2D eigenvalue weighted by molar-refractivity contribution is 0.508. The van der Waals surface area contributed by atoms with Gasteiger partial charge in [-0.15, -0.1) is 0 Å². The third-order valence-corrected chi connectivity index (χ3v) is 2.47. The summed E-state index contributed by atoms with van der Waals surface area (Å²) in [6, 6.07) is 4.09. The molecule has 20 heavy (non-hydrogen) atoms. The lowest BCUT2D eigenvalue weighted by Crippen LogP contribution is -2.03. The Bertz CT molecular complexity index is 698. The number of nitrogens with zero attached hydrogens (tertiary/aromatic N) is 1. The second kappa shape index (κ2) is 5.17. The Morgan fingerprint density at radius 3 is 2.05 bits per heavy atom. The molecule has 0 aromatic heterocycles. The minimum Gasteiger partial charge on any atom is -0.348 e. The zero-order valence-corrected chi connectivity index (χ0v) is 9.65. The van der Waals surface area contributed by atoms with Gasteiger partial charge in [0.15, 0.2) is 23.3 Å². The van der Waals surface area contributed by atoms with E-state index in [1.54, 1.807) is 0 Å². The zero-order chi connectivity index (χ0) is 14.9. The maximum atomic E-state index is 13.6. The van der Waals surface area contributed by atoms with Crippen molar-refractivity contribution in [3.05, 3.63) is 58.9 Å². The number of rotatable bonds is 2. The molecule has 7 heteroatoms.